The van der Waals surface area contributed by atoms with Gasteiger partial charge in [-0.3, -0.25) is 14.9 Å². The molecular weight excluding hydrogens is 260 g/mol. The van der Waals surface area contributed by atoms with Crippen molar-refractivity contribution in [2.45, 2.75) is 20.4 Å². The number of amides is 1. The first-order valence-electron chi connectivity index (χ1n) is 5.17. The molecule has 0 saturated carbocycles. The number of hydrogen-bond donors (Lipinski definition) is 2. The summed E-state index contributed by atoms with van der Waals surface area (Å²) in [5.74, 6) is -0.647. The van der Waals surface area contributed by atoms with Crippen LogP contribution in [0.25, 0.3) is 0 Å². The molecule has 2 N–H and O–H groups in total. The molecule has 0 saturated heterocycles. The van der Waals surface area contributed by atoms with Crippen LogP contribution in [-0.2, 0) is 11.3 Å². The lowest BCUT2D eigenvalue weighted by Gasteiger charge is -2.11. The van der Waals surface area contributed by atoms with Crippen molar-refractivity contribution in [2.75, 3.05) is 5.88 Å². The monoisotopic (exact) mass is 272 g/mol. The number of alkyl halides is 1. The third-order valence-corrected chi connectivity index (χ3v) is 2.87. The maximum atomic E-state index is 11.1. The molecule has 0 bridgehead atoms. The lowest BCUT2D eigenvalue weighted by atomic mass is 10.0. The summed E-state index contributed by atoms with van der Waals surface area (Å²) in [6, 6.07) is 1.28. The fourth-order valence-corrected chi connectivity index (χ4v) is 1.71. The van der Waals surface area contributed by atoms with Gasteiger partial charge in [-0.2, -0.15) is 0 Å². The summed E-state index contributed by atoms with van der Waals surface area (Å²) in [5, 5.41) is 23.1. The average molecular weight is 273 g/mol. The Hall–Kier alpha value is -1.82. The van der Waals surface area contributed by atoms with E-state index < -0.39 is 10.8 Å². The van der Waals surface area contributed by atoms with E-state index in [9.17, 15) is 20.0 Å². The summed E-state index contributed by atoms with van der Waals surface area (Å²) >= 11 is 5.32. The normalized spacial score (nSPS) is 10.2. The molecule has 0 aliphatic rings. The first-order valence-corrected chi connectivity index (χ1v) is 5.71. The van der Waals surface area contributed by atoms with E-state index in [4.69, 9.17) is 11.6 Å². The molecule has 18 heavy (non-hydrogen) atoms. The highest BCUT2D eigenvalue weighted by atomic mass is 35.5. The number of nitro benzene ring substituents is 1. The molecule has 0 spiro atoms. The lowest BCUT2D eigenvalue weighted by Crippen LogP contribution is -2.24. The number of carbonyl (C=O) groups is 1. The van der Waals surface area contributed by atoms with Crippen molar-refractivity contribution in [2.24, 2.45) is 0 Å². The minimum atomic E-state index is -0.540. The van der Waals surface area contributed by atoms with Gasteiger partial charge < -0.3 is 10.4 Å². The number of phenols is 1. The van der Waals surface area contributed by atoms with E-state index in [-0.39, 0.29) is 29.4 Å². The van der Waals surface area contributed by atoms with Crippen molar-refractivity contribution in [3.8, 4) is 5.75 Å². The fraction of sp³-hybridized carbons (Fsp3) is 0.364. The molecule has 0 aliphatic heterocycles. The maximum Gasteiger partial charge on any atom is 0.275 e. The van der Waals surface area contributed by atoms with Gasteiger partial charge in [-0.15, -0.1) is 11.6 Å². The number of carbonyl (C=O) groups excluding carboxylic acids is 1. The van der Waals surface area contributed by atoms with Gasteiger partial charge in [0.25, 0.3) is 5.69 Å². The van der Waals surface area contributed by atoms with Gasteiger partial charge in [0, 0.05) is 18.2 Å². The van der Waals surface area contributed by atoms with Gasteiger partial charge in [-0.25, -0.2) is 0 Å². The summed E-state index contributed by atoms with van der Waals surface area (Å²) in [5.41, 5.74) is 0.961. The topological polar surface area (TPSA) is 92.5 Å². The van der Waals surface area contributed by atoms with Gasteiger partial charge in [-0.1, -0.05) is 0 Å². The molecule has 0 aliphatic carbocycles. The van der Waals surface area contributed by atoms with Gasteiger partial charge in [0.15, 0.2) is 0 Å². The van der Waals surface area contributed by atoms with Crippen LogP contribution in [-0.4, -0.2) is 21.8 Å². The zero-order valence-electron chi connectivity index (χ0n) is 9.99. The number of phenolic OH excluding ortho intramolecular Hbond substituents is 1. The Bertz CT molecular complexity index is 502. The Kier molecular flexibility index (Phi) is 4.49. The number of hydrogen-bond acceptors (Lipinski definition) is 4. The van der Waals surface area contributed by atoms with E-state index in [1.807, 2.05) is 0 Å². The van der Waals surface area contributed by atoms with Gasteiger partial charge >= 0.3 is 0 Å². The molecule has 98 valence electrons. The quantitative estimate of drug-likeness (QED) is 0.496. The Morgan fingerprint density at radius 3 is 2.67 bits per heavy atom. The zero-order valence-corrected chi connectivity index (χ0v) is 10.7. The van der Waals surface area contributed by atoms with E-state index >= 15 is 0 Å². The van der Waals surface area contributed by atoms with E-state index in [0.29, 0.717) is 11.1 Å². The molecule has 0 fully saturated rings. The number of aryl methyl sites for hydroxylation is 1. The molecule has 1 aromatic carbocycles. The number of benzene rings is 1. The number of aromatic hydroxyl groups is 1. The fourth-order valence-electron chi connectivity index (χ4n) is 1.61. The second-order valence-corrected chi connectivity index (χ2v) is 4.10. The van der Waals surface area contributed by atoms with E-state index in [1.54, 1.807) is 13.8 Å². The summed E-state index contributed by atoms with van der Waals surface area (Å²) in [6.07, 6.45) is 0. The molecule has 7 heteroatoms. The SMILES string of the molecule is Cc1cc([N+](=O)[O-])c(CNC(=O)CCl)c(C)c1O. The third kappa shape index (κ3) is 2.89. The van der Waals surface area contributed by atoms with Crippen molar-refractivity contribution in [3.63, 3.8) is 0 Å². The number of nitrogens with zero attached hydrogens (tertiary/aromatic N) is 1. The Morgan fingerprint density at radius 2 is 2.17 bits per heavy atom. The molecular formula is C11H13ClN2O4. The first-order chi connectivity index (χ1) is 8.38. The van der Waals surface area contributed by atoms with Crippen molar-refractivity contribution >= 4 is 23.2 Å². The van der Waals surface area contributed by atoms with Crippen LogP contribution >= 0.6 is 11.6 Å². The molecule has 6 nitrogen and oxygen atoms in total. The predicted octanol–water partition coefficient (Wildman–Crippen LogP) is 1.77. The van der Waals surface area contributed by atoms with Crippen LogP contribution in [0.15, 0.2) is 6.07 Å². The lowest BCUT2D eigenvalue weighted by molar-refractivity contribution is -0.385. The van der Waals surface area contributed by atoms with Gasteiger partial charge in [0.2, 0.25) is 5.91 Å². The summed E-state index contributed by atoms with van der Waals surface area (Å²) in [7, 11) is 0. The summed E-state index contributed by atoms with van der Waals surface area (Å²) in [4.78, 5) is 21.5. The largest absolute Gasteiger partial charge is 0.507 e. The molecule has 0 radical (unpaired) electrons. The second kappa shape index (κ2) is 5.68. The van der Waals surface area contributed by atoms with Crippen LogP contribution in [0.2, 0.25) is 0 Å². The minimum Gasteiger partial charge on any atom is -0.507 e. The summed E-state index contributed by atoms with van der Waals surface area (Å²) < 4.78 is 0. The van der Waals surface area contributed by atoms with Crippen molar-refractivity contribution < 1.29 is 14.8 Å². The third-order valence-electron chi connectivity index (χ3n) is 2.62. The van der Waals surface area contributed by atoms with Gasteiger partial charge in [-0.05, 0) is 19.4 Å². The zero-order chi connectivity index (χ0) is 13.9. The Morgan fingerprint density at radius 1 is 1.56 bits per heavy atom. The molecule has 0 heterocycles. The standard InChI is InChI=1S/C11H13ClN2O4/c1-6-3-9(14(17)18)8(7(2)11(6)16)5-13-10(15)4-12/h3,16H,4-5H2,1-2H3,(H,13,15). The van der Waals surface area contributed by atoms with E-state index in [0.717, 1.165) is 0 Å². The molecule has 1 rings (SSSR count). The minimum absolute atomic E-state index is 0.00396. The first kappa shape index (κ1) is 14.2. The smallest absolute Gasteiger partial charge is 0.275 e. The van der Waals surface area contributed by atoms with E-state index in [1.165, 1.54) is 6.07 Å². The van der Waals surface area contributed by atoms with Crippen LogP contribution in [0, 0.1) is 24.0 Å². The molecule has 0 atom stereocenters. The predicted molar refractivity (Wildman–Crippen MR) is 66.8 cm³/mol. The highest BCUT2D eigenvalue weighted by Crippen LogP contribution is 2.32. The number of nitro groups is 1. The van der Waals surface area contributed by atoms with Crippen LogP contribution in [0.5, 0.6) is 5.75 Å². The van der Waals surface area contributed by atoms with Crippen molar-refractivity contribution in [1.29, 1.82) is 0 Å². The Labute approximate surface area is 109 Å². The number of nitrogens with one attached hydrogen (secondary N) is 1. The van der Waals surface area contributed by atoms with Gasteiger partial charge in [0.05, 0.1) is 10.5 Å². The molecule has 0 unspecified atom stereocenters. The van der Waals surface area contributed by atoms with Crippen LogP contribution in [0.4, 0.5) is 5.69 Å². The van der Waals surface area contributed by atoms with Crippen molar-refractivity contribution in [3.05, 3.63) is 32.9 Å². The Balaban J connectivity index is 3.19. The highest BCUT2D eigenvalue weighted by molar-refractivity contribution is 6.27. The maximum absolute atomic E-state index is 11.1. The molecule has 1 amide bonds. The van der Waals surface area contributed by atoms with E-state index in [2.05, 4.69) is 5.32 Å². The molecule has 0 aromatic heterocycles. The molecule has 1 aromatic rings. The van der Waals surface area contributed by atoms with Crippen molar-refractivity contribution in [1.82, 2.24) is 5.32 Å². The number of rotatable bonds is 4. The average Bonchev–Trinajstić information content (AvgIpc) is 2.33. The number of halogens is 1. The van der Waals surface area contributed by atoms with Gasteiger partial charge in [0.1, 0.15) is 11.6 Å². The second-order valence-electron chi connectivity index (χ2n) is 3.83. The highest BCUT2D eigenvalue weighted by Gasteiger charge is 2.20. The van der Waals surface area contributed by atoms with Crippen LogP contribution in [0.3, 0.4) is 0 Å². The van der Waals surface area contributed by atoms with Crippen LogP contribution in [0.1, 0.15) is 16.7 Å². The van der Waals surface area contributed by atoms with Crippen LogP contribution < -0.4 is 5.32 Å². The summed E-state index contributed by atoms with van der Waals surface area (Å²) in [6.45, 7) is 3.11.